The van der Waals surface area contributed by atoms with Crippen molar-refractivity contribution in [1.29, 1.82) is 0 Å². The third kappa shape index (κ3) is 2.55. The van der Waals surface area contributed by atoms with E-state index < -0.39 is 11.7 Å². The minimum Gasteiger partial charge on any atom is -0.506 e. The van der Waals surface area contributed by atoms with Gasteiger partial charge in [-0.15, -0.1) is 0 Å². The summed E-state index contributed by atoms with van der Waals surface area (Å²) in [5.74, 6) is -0.0256. The summed E-state index contributed by atoms with van der Waals surface area (Å²) < 4.78 is 37.0. The van der Waals surface area contributed by atoms with Gasteiger partial charge in [0.15, 0.2) is 0 Å². The molecule has 0 aliphatic heterocycles. The van der Waals surface area contributed by atoms with Crippen molar-refractivity contribution in [1.82, 2.24) is 4.98 Å². The van der Waals surface area contributed by atoms with Crippen LogP contribution in [0.25, 0.3) is 11.1 Å². The van der Waals surface area contributed by atoms with Crippen molar-refractivity contribution < 1.29 is 18.3 Å². The maximum atomic E-state index is 12.3. The number of rotatable bonds is 1. The van der Waals surface area contributed by atoms with E-state index in [1.54, 1.807) is 0 Å². The topological polar surface area (TPSA) is 33.1 Å². The van der Waals surface area contributed by atoms with Gasteiger partial charge in [-0.25, -0.2) is 0 Å². The van der Waals surface area contributed by atoms with E-state index in [2.05, 4.69) is 4.98 Å². The lowest BCUT2D eigenvalue weighted by Crippen LogP contribution is -2.03. The molecule has 0 saturated heterocycles. The van der Waals surface area contributed by atoms with Crippen LogP contribution >= 0.6 is 0 Å². The molecule has 0 aliphatic rings. The van der Waals surface area contributed by atoms with Crippen LogP contribution in [0.2, 0.25) is 0 Å². The van der Waals surface area contributed by atoms with Gasteiger partial charge in [-0.05, 0) is 23.8 Å². The monoisotopic (exact) mass is 239 g/mol. The third-order valence-electron chi connectivity index (χ3n) is 2.27. The molecule has 0 atom stereocenters. The summed E-state index contributed by atoms with van der Waals surface area (Å²) in [6.07, 6.45) is -1.61. The summed E-state index contributed by atoms with van der Waals surface area (Å²) in [4.78, 5) is 3.76. The summed E-state index contributed by atoms with van der Waals surface area (Å²) in [7, 11) is 0. The molecule has 1 heterocycles. The zero-order valence-corrected chi connectivity index (χ0v) is 8.57. The molecular formula is C12H8F3NO. The molecule has 0 aliphatic carbocycles. The van der Waals surface area contributed by atoms with Gasteiger partial charge in [0, 0.05) is 11.8 Å². The summed E-state index contributed by atoms with van der Waals surface area (Å²) in [6, 6.07) is 6.13. The van der Waals surface area contributed by atoms with Gasteiger partial charge in [0.05, 0.1) is 11.8 Å². The average molecular weight is 239 g/mol. The Labute approximate surface area is 95.4 Å². The van der Waals surface area contributed by atoms with Crippen molar-refractivity contribution in [3.05, 3.63) is 48.3 Å². The number of aromatic nitrogens is 1. The van der Waals surface area contributed by atoms with Gasteiger partial charge in [-0.2, -0.15) is 13.2 Å². The van der Waals surface area contributed by atoms with Crippen molar-refractivity contribution in [2.75, 3.05) is 0 Å². The smallest absolute Gasteiger partial charge is 0.416 e. The Morgan fingerprint density at radius 3 is 2.12 bits per heavy atom. The molecule has 2 rings (SSSR count). The standard InChI is InChI=1S/C12H8F3NO/c13-12(14,15)10-3-1-8(2-4-10)9-5-11(17)7-16-6-9/h1-7,17H. The average Bonchev–Trinajstić information content (AvgIpc) is 2.28. The summed E-state index contributed by atoms with van der Waals surface area (Å²) >= 11 is 0. The molecule has 1 aromatic heterocycles. The van der Waals surface area contributed by atoms with Crippen LogP contribution in [-0.2, 0) is 6.18 Å². The number of alkyl halides is 3. The molecule has 0 radical (unpaired) electrons. The zero-order valence-electron chi connectivity index (χ0n) is 8.57. The Morgan fingerprint density at radius 2 is 1.59 bits per heavy atom. The predicted octanol–water partition coefficient (Wildman–Crippen LogP) is 3.47. The minimum atomic E-state index is -4.34. The maximum Gasteiger partial charge on any atom is 0.416 e. The third-order valence-corrected chi connectivity index (χ3v) is 2.27. The number of aromatic hydroxyl groups is 1. The Balaban J connectivity index is 2.36. The van der Waals surface area contributed by atoms with Crippen LogP contribution in [0.3, 0.4) is 0 Å². The van der Waals surface area contributed by atoms with Crippen LogP contribution in [0, 0.1) is 0 Å². The molecule has 0 fully saturated rings. The highest BCUT2D eigenvalue weighted by Gasteiger charge is 2.29. The Morgan fingerprint density at radius 1 is 0.941 bits per heavy atom. The first-order chi connectivity index (χ1) is 7.97. The molecule has 2 nitrogen and oxygen atoms in total. The van der Waals surface area contributed by atoms with Crippen molar-refractivity contribution in [3.8, 4) is 16.9 Å². The van der Waals surface area contributed by atoms with Gasteiger partial charge in [0.2, 0.25) is 0 Å². The molecule has 0 saturated carbocycles. The van der Waals surface area contributed by atoms with Crippen molar-refractivity contribution in [3.63, 3.8) is 0 Å². The summed E-state index contributed by atoms with van der Waals surface area (Å²) in [5.41, 5.74) is 0.439. The van der Waals surface area contributed by atoms with E-state index in [4.69, 9.17) is 0 Å². The lowest BCUT2D eigenvalue weighted by atomic mass is 10.1. The highest BCUT2D eigenvalue weighted by molar-refractivity contribution is 5.64. The fourth-order valence-corrected chi connectivity index (χ4v) is 1.44. The highest BCUT2D eigenvalue weighted by Crippen LogP contribution is 2.31. The van der Waals surface area contributed by atoms with E-state index in [-0.39, 0.29) is 5.75 Å². The fourth-order valence-electron chi connectivity index (χ4n) is 1.44. The predicted molar refractivity (Wildman–Crippen MR) is 56.3 cm³/mol. The molecule has 0 unspecified atom stereocenters. The Kier molecular flexibility index (Phi) is 2.75. The lowest BCUT2D eigenvalue weighted by molar-refractivity contribution is -0.137. The van der Waals surface area contributed by atoms with E-state index >= 15 is 0 Å². The molecule has 2 aromatic rings. The largest absolute Gasteiger partial charge is 0.506 e. The number of benzene rings is 1. The zero-order chi connectivity index (χ0) is 12.5. The van der Waals surface area contributed by atoms with Gasteiger partial charge in [0.1, 0.15) is 5.75 Å². The van der Waals surface area contributed by atoms with Crippen LogP contribution < -0.4 is 0 Å². The molecule has 0 amide bonds. The number of nitrogens with zero attached hydrogens (tertiary/aromatic N) is 1. The molecule has 0 bridgehead atoms. The highest BCUT2D eigenvalue weighted by atomic mass is 19.4. The minimum absolute atomic E-state index is 0.0256. The summed E-state index contributed by atoms with van der Waals surface area (Å²) in [5, 5.41) is 9.22. The first-order valence-electron chi connectivity index (χ1n) is 4.78. The van der Waals surface area contributed by atoms with Gasteiger partial charge < -0.3 is 5.11 Å². The molecule has 1 aromatic carbocycles. The van der Waals surface area contributed by atoms with Crippen LogP contribution in [0.4, 0.5) is 13.2 Å². The van der Waals surface area contributed by atoms with E-state index in [1.807, 2.05) is 0 Å². The number of pyridine rings is 1. The number of hydrogen-bond donors (Lipinski definition) is 1. The second-order valence-electron chi connectivity index (χ2n) is 3.51. The van der Waals surface area contributed by atoms with Crippen LogP contribution in [0.15, 0.2) is 42.7 Å². The molecular weight excluding hydrogens is 231 g/mol. The summed E-state index contributed by atoms with van der Waals surface area (Å²) in [6.45, 7) is 0. The van der Waals surface area contributed by atoms with E-state index in [1.165, 1.54) is 30.6 Å². The van der Waals surface area contributed by atoms with Crippen molar-refractivity contribution >= 4 is 0 Å². The van der Waals surface area contributed by atoms with Crippen LogP contribution in [0.5, 0.6) is 5.75 Å². The van der Waals surface area contributed by atoms with Crippen molar-refractivity contribution in [2.45, 2.75) is 6.18 Å². The number of halogens is 3. The van der Waals surface area contributed by atoms with Gasteiger partial charge >= 0.3 is 6.18 Å². The maximum absolute atomic E-state index is 12.3. The second kappa shape index (κ2) is 4.08. The Hall–Kier alpha value is -2.04. The molecule has 1 N–H and O–H groups in total. The number of hydrogen-bond acceptors (Lipinski definition) is 2. The lowest BCUT2D eigenvalue weighted by Gasteiger charge is -2.07. The first-order valence-corrected chi connectivity index (χ1v) is 4.78. The quantitative estimate of drug-likeness (QED) is 0.826. The van der Waals surface area contributed by atoms with Gasteiger partial charge in [-0.1, -0.05) is 12.1 Å². The van der Waals surface area contributed by atoms with E-state index in [9.17, 15) is 18.3 Å². The van der Waals surface area contributed by atoms with Gasteiger partial charge in [-0.3, -0.25) is 4.98 Å². The molecule has 5 heteroatoms. The second-order valence-corrected chi connectivity index (χ2v) is 3.51. The molecule has 88 valence electrons. The fraction of sp³-hybridized carbons (Fsp3) is 0.0833. The van der Waals surface area contributed by atoms with Gasteiger partial charge in [0.25, 0.3) is 0 Å². The molecule has 0 spiro atoms. The normalized spacial score (nSPS) is 11.5. The Bertz CT molecular complexity index is 520. The van der Waals surface area contributed by atoms with Crippen molar-refractivity contribution in [2.24, 2.45) is 0 Å². The van der Waals surface area contributed by atoms with Crippen LogP contribution in [-0.4, -0.2) is 10.1 Å². The SMILES string of the molecule is Oc1cncc(-c2ccc(C(F)(F)F)cc2)c1. The van der Waals surface area contributed by atoms with E-state index in [0.29, 0.717) is 11.1 Å². The van der Waals surface area contributed by atoms with Crippen LogP contribution in [0.1, 0.15) is 5.56 Å². The first kappa shape index (κ1) is 11.4. The molecule has 17 heavy (non-hydrogen) atoms. The van der Waals surface area contributed by atoms with E-state index in [0.717, 1.165) is 12.1 Å².